The van der Waals surface area contributed by atoms with E-state index in [-0.39, 0.29) is 21.6 Å². The number of amides is 1. The minimum absolute atomic E-state index is 0.0589. The SMILES string of the molecule is O=C(Nc1nc2ccccc2s1)C(F)(F)C(F)(F)C(F)(F)C(F)(F)C(F)(F)C(F)(F)C(F)(F)C(F)(F)Cl. The summed E-state index contributed by atoms with van der Waals surface area (Å²) in [7, 11) is 0. The highest BCUT2D eigenvalue weighted by molar-refractivity contribution is 7.22. The Labute approximate surface area is 201 Å². The molecule has 0 unspecified atom stereocenters. The summed E-state index contributed by atoms with van der Waals surface area (Å²) in [6, 6.07) is 4.98. The third-order valence-electron chi connectivity index (χ3n) is 4.52. The van der Waals surface area contributed by atoms with Crippen molar-refractivity contribution in [3.63, 3.8) is 0 Å². The van der Waals surface area contributed by atoms with E-state index in [0.717, 1.165) is 11.4 Å². The van der Waals surface area contributed by atoms with E-state index in [1.807, 2.05) is 0 Å². The highest BCUT2D eigenvalue weighted by Gasteiger charge is 2.95. The van der Waals surface area contributed by atoms with Crippen LogP contribution in [0.15, 0.2) is 24.3 Å². The van der Waals surface area contributed by atoms with Gasteiger partial charge in [-0.2, -0.15) is 70.2 Å². The summed E-state index contributed by atoms with van der Waals surface area (Å²) in [6.45, 7) is 0. The fourth-order valence-electron chi connectivity index (χ4n) is 2.41. The number of para-hydroxylation sites is 1. The maximum atomic E-state index is 13.9. The second kappa shape index (κ2) is 8.63. The van der Waals surface area contributed by atoms with Gasteiger partial charge in [0.1, 0.15) is 0 Å². The molecule has 0 spiro atoms. The monoisotopic (exact) mass is 612 g/mol. The number of carbonyl (C=O) groups is 1. The topological polar surface area (TPSA) is 42.0 Å². The van der Waals surface area contributed by atoms with Gasteiger partial charge in [-0.25, -0.2) is 4.98 Å². The molecule has 0 aliphatic carbocycles. The van der Waals surface area contributed by atoms with Gasteiger partial charge in [-0.1, -0.05) is 23.5 Å². The average Bonchev–Trinajstić information content (AvgIpc) is 3.14. The number of anilines is 1. The summed E-state index contributed by atoms with van der Waals surface area (Å²) in [6.07, 6.45) is 0. The number of nitrogens with zero attached hydrogens (tertiary/aromatic N) is 1. The molecule has 21 heteroatoms. The van der Waals surface area contributed by atoms with Crippen molar-refractivity contribution in [2.24, 2.45) is 0 Å². The van der Waals surface area contributed by atoms with E-state index in [1.54, 1.807) is 0 Å². The zero-order chi connectivity index (χ0) is 29.3. The van der Waals surface area contributed by atoms with E-state index in [0.29, 0.717) is 0 Å². The maximum Gasteiger partial charge on any atom is 0.393 e. The number of carbonyl (C=O) groups excluding carboxylic acids is 1. The lowest BCUT2D eigenvalue weighted by Crippen LogP contribution is -2.75. The van der Waals surface area contributed by atoms with Crippen LogP contribution in [0, 0.1) is 0 Å². The molecule has 210 valence electrons. The van der Waals surface area contributed by atoms with E-state index in [2.05, 4.69) is 16.6 Å². The first-order valence-corrected chi connectivity index (χ1v) is 9.79. The van der Waals surface area contributed by atoms with Crippen molar-refractivity contribution in [2.45, 2.75) is 46.8 Å². The first-order valence-electron chi connectivity index (χ1n) is 8.60. The Morgan fingerprint density at radius 2 is 1.08 bits per heavy atom. The van der Waals surface area contributed by atoms with Crippen LogP contribution < -0.4 is 5.32 Å². The van der Waals surface area contributed by atoms with Crippen LogP contribution in [0.5, 0.6) is 0 Å². The Bertz CT molecular complexity index is 1140. The number of hydrogen-bond donors (Lipinski definition) is 1. The highest BCUT2D eigenvalue weighted by Crippen LogP contribution is 2.64. The van der Waals surface area contributed by atoms with Crippen LogP contribution in [-0.4, -0.2) is 57.7 Å². The number of rotatable bonds is 9. The summed E-state index contributed by atoms with van der Waals surface area (Å²) in [5, 5.41) is -7.11. The quantitative estimate of drug-likeness (QED) is 0.235. The number of thiazole rings is 1. The second-order valence-electron chi connectivity index (χ2n) is 6.96. The van der Waals surface area contributed by atoms with Crippen molar-refractivity contribution in [1.29, 1.82) is 0 Å². The first kappa shape index (κ1) is 31.0. The molecule has 2 aromatic rings. The van der Waals surface area contributed by atoms with Crippen molar-refractivity contribution < 1.29 is 75.0 Å². The number of hydrogen-bond acceptors (Lipinski definition) is 3. The van der Waals surface area contributed by atoms with Gasteiger partial charge in [0.25, 0.3) is 0 Å². The number of halogens is 17. The zero-order valence-electron chi connectivity index (χ0n) is 16.5. The number of fused-ring (bicyclic) bond motifs is 1. The number of benzene rings is 1. The average molecular weight is 613 g/mol. The molecule has 0 aliphatic rings. The predicted octanol–water partition coefficient (Wildman–Crippen LogP) is 7.51. The Hall–Kier alpha value is -2.25. The molecule has 1 aromatic carbocycles. The first-order chi connectivity index (χ1) is 16.2. The second-order valence-corrected chi connectivity index (χ2v) is 8.46. The highest BCUT2D eigenvalue weighted by atomic mass is 35.5. The lowest BCUT2D eigenvalue weighted by Gasteiger charge is -2.42. The van der Waals surface area contributed by atoms with Crippen molar-refractivity contribution in [3.05, 3.63) is 24.3 Å². The van der Waals surface area contributed by atoms with E-state index in [9.17, 15) is 75.0 Å². The molecule has 3 nitrogen and oxygen atoms in total. The zero-order valence-corrected chi connectivity index (χ0v) is 18.1. The molecule has 1 heterocycles. The third-order valence-corrected chi connectivity index (χ3v) is 5.71. The van der Waals surface area contributed by atoms with Gasteiger partial charge in [0, 0.05) is 0 Å². The van der Waals surface area contributed by atoms with Crippen LogP contribution in [0.2, 0.25) is 0 Å². The maximum absolute atomic E-state index is 13.9. The van der Waals surface area contributed by atoms with Crippen LogP contribution in [0.3, 0.4) is 0 Å². The minimum atomic E-state index is -8.64. The summed E-state index contributed by atoms with van der Waals surface area (Å²) in [5.41, 5.74) is -0.103. The minimum Gasteiger partial charge on any atom is -0.296 e. The van der Waals surface area contributed by atoms with Gasteiger partial charge in [-0.05, 0) is 23.7 Å². The molecule has 1 amide bonds. The lowest BCUT2D eigenvalue weighted by molar-refractivity contribution is -0.445. The van der Waals surface area contributed by atoms with E-state index in [1.165, 1.54) is 18.2 Å². The lowest BCUT2D eigenvalue weighted by atomic mass is 9.89. The molecule has 0 bridgehead atoms. The van der Waals surface area contributed by atoms with Crippen molar-refractivity contribution in [2.75, 3.05) is 5.32 Å². The van der Waals surface area contributed by atoms with Crippen LogP contribution in [-0.2, 0) is 4.79 Å². The summed E-state index contributed by atoms with van der Waals surface area (Å²) >= 11 is 3.67. The summed E-state index contributed by atoms with van der Waals surface area (Å²) in [4.78, 5) is 14.9. The smallest absolute Gasteiger partial charge is 0.296 e. The van der Waals surface area contributed by atoms with E-state index in [4.69, 9.17) is 0 Å². The molecule has 0 saturated carbocycles. The molecule has 37 heavy (non-hydrogen) atoms. The van der Waals surface area contributed by atoms with Gasteiger partial charge >= 0.3 is 52.7 Å². The molecule has 0 radical (unpaired) electrons. The van der Waals surface area contributed by atoms with E-state index < -0.39 is 57.9 Å². The molecule has 1 N–H and O–H groups in total. The van der Waals surface area contributed by atoms with Crippen molar-refractivity contribution >= 4 is 44.2 Å². The molecule has 1 aromatic heterocycles. The van der Waals surface area contributed by atoms with Crippen molar-refractivity contribution in [3.8, 4) is 0 Å². The van der Waals surface area contributed by atoms with Gasteiger partial charge in [0.05, 0.1) is 10.2 Å². The van der Waals surface area contributed by atoms with Crippen molar-refractivity contribution in [1.82, 2.24) is 4.98 Å². The van der Waals surface area contributed by atoms with Gasteiger partial charge in [-0.3, -0.25) is 10.1 Å². The van der Waals surface area contributed by atoms with Crippen LogP contribution >= 0.6 is 22.9 Å². The molecule has 0 aliphatic heterocycles. The van der Waals surface area contributed by atoms with Crippen LogP contribution in [0.1, 0.15) is 0 Å². The Morgan fingerprint density at radius 3 is 1.51 bits per heavy atom. The van der Waals surface area contributed by atoms with Crippen LogP contribution in [0.4, 0.5) is 75.4 Å². The van der Waals surface area contributed by atoms with Gasteiger partial charge < -0.3 is 0 Å². The van der Waals surface area contributed by atoms with Gasteiger partial charge in [0.2, 0.25) is 0 Å². The predicted molar refractivity (Wildman–Crippen MR) is 93.7 cm³/mol. The molecule has 0 atom stereocenters. The van der Waals surface area contributed by atoms with E-state index >= 15 is 0 Å². The molecule has 0 fully saturated rings. The Morgan fingerprint density at radius 1 is 0.676 bits per heavy atom. The Kier molecular flexibility index (Phi) is 7.23. The van der Waals surface area contributed by atoms with Gasteiger partial charge in [-0.15, -0.1) is 0 Å². The molecule has 2 rings (SSSR count). The number of aromatic nitrogens is 1. The fourth-order valence-corrected chi connectivity index (χ4v) is 3.39. The normalized spacial score (nSPS) is 15.3. The number of nitrogens with one attached hydrogen (secondary N) is 1. The summed E-state index contributed by atoms with van der Waals surface area (Å²) in [5.74, 6) is -60.7. The van der Waals surface area contributed by atoms with Gasteiger partial charge in [0.15, 0.2) is 5.13 Å². The largest absolute Gasteiger partial charge is 0.393 e. The summed E-state index contributed by atoms with van der Waals surface area (Å²) < 4.78 is 215. The molecular weight excluding hydrogens is 608 g/mol. The Balaban J connectivity index is 2.52. The molecule has 0 saturated heterocycles. The third kappa shape index (κ3) is 4.22. The molecular formula is C16H5ClF16N2OS. The standard InChI is InChI=1S/C16H5ClF16N2OS/c17-16(32,33)15(30,31)14(28,29)13(26,27)12(24,25)11(22,23)10(20,21)9(18,19)7(36)35-8-34-5-3-1-2-4-6(5)37-8/h1-4H,(H,34,35,36). The number of alkyl halides is 17. The van der Waals surface area contributed by atoms with Crippen LogP contribution in [0.25, 0.3) is 10.2 Å². The fraction of sp³-hybridized carbons (Fsp3) is 0.500.